The summed E-state index contributed by atoms with van der Waals surface area (Å²) in [5, 5.41) is 6.94. The van der Waals surface area contributed by atoms with Crippen molar-refractivity contribution in [2.75, 3.05) is 25.2 Å². The molecule has 3 heterocycles. The van der Waals surface area contributed by atoms with Crippen LogP contribution in [-0.2, 0) is 11.2 Å². The predicted octanol–water partition coefficient (Wildman–Crippen LogP) is 3.27. The second kappa shape index (κ2) is 6.99. The number of ether oxygens (including phenoxy) is 1. The van der Waals surface area contributed by atoms with Gasteiger partial charge in [-0.25, -0.2) is 4.98 Å². The molecule has 0 aromatic carbocycles. The molecule has 0 amide bonds. The maximum Gasteiger partial charge on any atom is 0.0897 e. The molecule has 2 unspecified atom stereocenters. The molecule has 1 N–H and O–H groups in total. The Labute approximate surface area is 136 Å². The molecule has 5 heteroatoms. The highest BCUT2D eigenvalue weighted by Crippen LogP contribution is 2.41. The van der Waals surface area contributed by atoms with Crippen LogP contribution in [0.4, 0.5) is 0 Å². The van der Waals surface area contributed by atoms with Gasteiger partial charge in [0.15, 0.2) is 0 Å². The SMILES string of the molecule is CNC(Cc1csc(C)n1)C1CCOC2(CCSCC2)C1. The fraction of sp³-hybridized carbons (Fsp3) is 0.812. The van der Waals surface area contributed by atoms with Gasteiger partial charge in [-0.05, 0) is 57.1 Å². The lowest BCUT2D eigenvalue weighted by Gasteiger charge is -2.45. The van der Waals surface area contributed by atoms with E-state index >= 15 is 0 Å². The molecule has 2 aliphatic rings. The van der Waals surface area contributed by atoms with Crippen molar-refractivity contribution in [1.82, 2.24) is 10.3 Å². The summed E-state index contributed by atoms with van der Waals surface area (Å²) in [5.74, 6) is 3.25. The van der Waals surface area contributed by atoms with Gasteiger partial charge in [0.1, 0.15) is 0 Å². The quantitative estimate of drug-likeness (QED) is 0.921. The van der Waals surface area contributed by atoms with Gasteiger partial charge in [-0.15, -0.1) is 11.3 Å². The van der Waals surface area contributed by atoms with Crippen molar-refractivity contribution < 1.29 is 4.74 Å². The standard InChI is InChI=1S/C16H26N2OS2/c1-12-18-14(11-21-12)9-15(17-2)13-3-6-19-16(10-13)4-7-20-8-5-16/h11,13,15,17H,3-10H2,1-2H3. The topological polar surface area (TPSA) is 34.2 Å². The molecule has 2 saturated heterocycles. The minimum atomic E-state index is 0.182. The van der Waals surface area contributed by atoms with Crippen LogP contribution in [-0.4, -0.2) is 41.8 Å². The van der Waals surface area contributed by atoms with Crippen molar-refractivity contribution >= 4 is 23.1 Å². The Morgan fingerprint density at radius 1 is 1.48 bits per heavy atom. The molecular formula is C16H26N2OS2. The van der Waals surface area contributed by atoms with E-state index in [-0.39, 0.29) is 5.60 Å². The Kier molecular flexibility index (Phi) is 5.25. The molecule has 1 aromatic heterocycles. The number of aromatic nitrogens is 1. The van der Waals surface area contributed by atoms with Crippen LogP contribution in [0.25, 0.3) is 0 Å². The minimum Gasteiger partial charge on any atom is -0.375 e. The van der Waals surface area contributed by atoms with E-state index in [0.29, 0.717) is 12.0 Å². The first kappa shape index (κ1) is 15.8. The third-order valence-corrected chi connectivity index (χ3v) is 6.78. The summed E-state index contributed by atoms with van der Waals surface area (Å²) < 4.78 is 6.23. The molecule has 2 fully saturated rings. The molecule has 0 saturated carbocycles. The summed E-state index contributed by atoms with van der Waals surface area (Å²) in [6, 6.07) is 0.529. The Bertz CT molecular complexity index is 451. The molecule has 0 aliphatic carbocycles. The monoisotopic (exact) mass is 326 g/mol. The lowest BCUT2D eigenvalue weighted by molar-refractivity contribution is -0.107. The normalized spacial score (nSPS) is 26.9. The van der Waals surface area contributed by atoms with Gasteiger partial charge in [0.2, 0.25) is 0 Å². The fourth-order valence-electron chi connectivity index (χ4n) is 3.73. The van der Waals surface area contributed by atoms with Gasteiger partial charge in [-0.1, -0.05) is 0 Å². The van der Waals surface area contributed by atoms with Crippen LogP contribution in [0, 0.1) is 12.8 Å². The molecule has 118 valence electrons. The van der Waals surface area contributed by atoms with Crippen molar-refractivity contribution in [3.8, 4) is 0 Å². The number of hydrogen-bond donors (Lipinski definition) is 1. The third kappa shape index (κ3) is 3.81. The van der Waals surface area contributed by atoms with Gasteiger partial charge in [-0.2, -0.15) is 11.8 Å². The van der Waals surface area contributed by atoms with E-state index in [1.165, 1.54) is 47.9 Å². The predicted molar refractivity (Wildman–Crippen MR) is 91.4 cm³/mol. The van der Waals surface area contributed by atoms with Crippen molar-refractivity contribution in [3.63, 3.8) is 0 Å². The van der Waals surface area contributed by atoms with Crippen LogP contribution in [0.5, 0.6) is 0 Å². The molecular weight excluding hydrogens is 300 g/mol. The van der Waals surface area contributed by atoms with Gasteiger partial charge < -0.3 is 10.1 Å². The Hall–Kier alpha value is -0.100. The maximum absolute atomic E-state index is 6.23. The summed E-state index contributed by atoms with van der Waals surface area (Å²) in [5.41, 5.74) is 1.43. The average molecular weight is 327 g/mol. The molecule has 1 aromatic rings. The van der Waals surface area contributed by atoms with E-state index in [9.17, 15) is 0 Å². The molecule has 3 rings (SSSR count). The zero-order valence-corrected chi connectivity index (χ0v) is 14.7. The van der Waals surface area contributed by atoms with Crippen LogP contribution >= 0.6 is 23.1 Å². The van der Waals surface area contributed by atoms with Gasteiger partial charge in [-0.3, -0.25) is 0 Å². The molecule has 1 spiro atoms. The summed E-state index contributed by atoms with van der Waals surface area (Å²) in [7, 11) is 2.10. The second-order valence-electron chi connectivity index (χ2n) is 6.35. The van der Waals surface area contributed by atoms with Crippen LogP contribution in [0.1, 0.15) is 36.4 Å². The lowest BCUT2D eigenvalue weighted by Crippen LogP contribution is -2.48. The highest BCUT2D eigenvalue weighted by atomic mass is 32.2. The summed E-state index contributed by atoms with van der Waals surface area (Å²) in [6.07, 6.45) is 5.93. The first-order valence-electron chi connectivity index (χ1n) is 8.01. The number of thiazole rings is 1. The number of aryl methyl sites for hydroxylation is 1. The number of rotatable bonds is 4. The minimum absolute atomic E-state index is 0.182. The molecule has 2 aliphatic heterocycles. The van der Waals surface area contributed by atoms with Gasteiger partial charge >= 0.3 is 0 Å². The van der Waals surface area contributed by atoms with E-state index in [2.05, 4.69) is 41.4 Å². The van der Waals surface area contributed by atoms with Crippen LogP contribution < -0.4 is 5.32 Å². The van der Waals surface area contributed by atoms with Gasteiger partial charge in [0, 0.05) is 24.4 Å². The van der Waals surface area contributed by atoms with Crippen LogP contribution in [0.15, 0.2) is 5.38 Å². The number of likely N-dealkylation sites (N-methyl/N-ethyl adjacent to an activating group) is 1. The number of nitrogens with one attached hydrogen (secondary N) is 1. The van der Waals surface area contributed by atoms with Crippen molar-refractivity contribution in [1.29, 1.82) is 0 Å². The van der Waals surface area contributed by atoms with Crippen LogP contribution in [0.3, 0.4) is 0 Å². The van der Waals surface area contributed by atoms with E-state index in [4.69, 9.17) is 4.74 Å². The van der Waals surface area contributed by atoms with Gasteiger partial charge in [0.05, 0.1) is 16.3 Å². The zero-order valence-electron chi connectivity index (χ0n) is 13.1. The second-order valence-corrected chi connectivity index (χ2v) is 8.64. The van der Waals surface area contributed by atoms with Crippen molar-refractivity contribution in [3.05, 3.63) is 16.1 Å². The third-order valence-electron chi connectivity index (χ3n) is 4.97. The fourth-order valence-corrected chi connectivity index (χ4v) is 5.59. The molecule has 0 bridgehead atoms. The van der Waals surface area contributed by atoms with Crippen molar-refractivity contribution in [2.24, 2.45) is 5.92 Å². The zero-order chi connectivity index (χ0) is 14.7. The summed E-state index contributed by atoms with van der Waals surface area (Å²) in [4.78, 5) is 4.64. The highest BCUT2D eigenvalue weighted by Gasteiger charge is 2.40. The smallest absolute Gasteiger partial charge is 0.0897 e. The van der Waals surface area contributed by atoms with E-state index < -0.39 is 0 Å². The first-order chi connectivity index (χ1) is 10.2. The molecule has 3 nitrogen and oxygen atoms in total. The maximum atomic E-state index is 6.23. The van der Waals surface area contributed by atoms with E-state index in [0.717, 1.165) is 13.0 Å². The number of nitrogens with zero attached hydrogens (tertiary/aromatic N) is 1. The average Bonchev–Trinajstić information content (AvgIpc) is 2.91. The lowest BCUT2D eigenvalue weighted by atomic mass is 9.77. The van der Waals surface area contributed by atoms with Gasteiger partial charge in [0.25, 0.3) is 0 Å². The van der Waals surface area contributed by atoms with E-state index in [1.54, 1.807) is 11.3 Å². The molecule has 0 radical (unpaired) electrons. The van der Waals surface area contributed by atoms with Crippen LogP contribution in [0.2, 0.25) is 0 Å². The Morgan fingerprint density at radius 3 is 2.95 bits per heavy atom. The number of thioether (sulfide) groups is 1. The van der Waals surface area contributed by atoms with Crippen molar-refractivity contribution in [2.45, 2.75) is 50.7 Å². The first-order valence-corrected chi connectivity index (χ1v) is 10.0. The highest BCUT2D eigenvalue weighted by molar-refractivity contribution is 7.99. The van der Waals surface area contributed by atoms with E-state index in [1.807, 2.05) is 0 Å². The molecule has 2 atom stereocenters. The largest absolute Gasteiger partial charge is 0.375 e. The summed E-state index contributed by atoms with van der Waals surface area (Å²) in [6.45, 7) is 3.02. The summed E-state index contributed by atoms with van der Waals surface area (Å²) >= 11 is 3.84. The number of hydrogen-bond acceptors (Lipinski definition) is 5. The molecule has 21 heavy (non-hydrogen) atoms. The Morgan fingerprint density at radius 2 is 2.29 bits per heavy atom. The Balaban J connectivity index is 1.65.